The molecule has 1 aliphatic rings. The maximum absolute atomic E-state index is 15.2. The summed E-state index contributed by atoms with van der Waals surface area (Å²) < 4.78 is 16.9. The number of rotatable bonds is 5. The first-order valence-electron chi connectivity index (χ1n) is 10.2. The molecule has 0 fully saturated rings. The van der Waals surface area contributed by atoms with E-state index in [0.29, 0.717) is 36.7 Å². The number of fused-ring (bicyclic) bond motifs is 1. The van der Waals surface area contributed by atoms with Gasteiger partial charge in [-0.2, -0.15) is 9.65 Å². The van der Waals surface area contributed by atoms with Crippen LogP contribution in [-0.2, 0) is 19.6 Å². The number of halogens is 1. The van der Waals surface area contributed by atoms with Crippen LogP contribution in [0.3, 0.4) is 0 Å². The number of anilines is 2. The van der Waals surface area contributed by atoms with Crippen molar-refractivity contribution in [1.29, 1.82) is 5.26 Å². The molecule has 0 atom stereocenters. The lowest BCUT2D eigenvalue weighted by atomic mass is 10.1. The van der Waals surface area contributed by atoms with Crippen molar-refractivity contribution in [3.8, 4) is 17.3 Å². The predicted octanol–water partition coefficient (Wildman–Crippen LogP) is 1.87. The molecule has 0 radical (unpaired) electrons. The van der Waals surface area contributed by atoms with E-state index < -0.39 is 5.82 Å². The Bertz CT molecular complexity index is 1360. The monoisotopic (exact) mass is 443 g/mol. The maximum atomic E-state index is 15.2. The summed E-state index contributed by atoms with van der Waals surface area (Å²) in [6.45, 7) is 3.54. The van der Waals surface area contributed by atoms with Crippen molar-refractivity contribution in [1.82, 2.24) is 40.1 Å². The van der Waals surface area contributed by atoms with Crippen LogP contribution >= 0.6 is 0 Å². The lowest BCUT2D eigenvalue weighted by Crippen LogP contribution is -2.35. The number of hydrogen-bond donors (Lipinski definition) is 1. The molecule has 164 valence electrons. The molecule has 0 amide bonds. The Morgan fingerprint density at radius 1 is 1.18 bits per heavy atom. The zero-order valence-corrected chi connectivity index (χ0v) is 17.6. The SMILES string of the molecule is Cc1cc(-c2ncc(CNc3ncnc(N4CCn5nnnc5C4)c3F)cc2C#N)ccn1. The highest BCUT2D eigenvalue weighted by molar-refractivity contribution is 5.66. The van der Waals surface area contributed by atoms with E-state index in [2.05, 4.69) is 46.8 Å². The Morgan fingerprint density at radius 3 is 2.94 bits per heavy atom. The first-order valence-corrected chi connectivity index (χ1v) is 10.2. The van der Waals surface area contributed by atoms with Crippen LogP contribution in [0, 0.1) is 24.1 Å². The molecule has 5 heterocycles. The Hall–Kier alpha value is -4.53. The molecule has 4 aromatic heterocycles. The minimum absolute atomic E-state index is 0.0671. The lowest BCUT2D eigenvalue weighted by molar-refractivity contribution is 0.494. The highest BCUT2D eigenvalue weighted by Crippen LogP contribution is 2.25. The van der Waals surface area contributed by atoms with Gasteiger partial charge in [-0.05, 0) is 41.1 Å². The van der Waals surface area contributed by atoms with Crippen LogP contribution in [-0.4, -0.2) is 46.7 Å². The van der Waals surface area contributed by atoms with E-state index in [9.17, 15) is 5.26 Å². The van der Waals surface area contributed by atoms with Gasteiger partial charge in [-0.15, -0.1) is 5.10 Å². The first kappa shape index (κ1) is 20.4. The molecule has 33 heavy (non-hydrogen) atoms. The van der Waals surface area contributed by atoms with E-state index in [-0.39, 0.29) is 18.2 Å². The number of aryl methyl sites for hydroxylation is 1. The molecule has 0 aromatic carbocycles. The van der Waals surface area contributed by atoms with Gasteiger partial charge >= 0.3 is 0 Å². The highest BCUT2D eigenvalue weighted by atomic mass is 19.1. The summed E-state index contributed by atoms with van der Waals surface area (Å²) >= 11 is 0. The predicted molar refractivity (Wildman–Crippen MR) is 115 cm³/mol. The van der Waals surface area contributed by atoms with Crippen molar-refractivity contribution >= 4 is 11.6 Å². The van der Waals surface area contributed by atoms with E-state index in [1.54, 1.807) is 28.0 Å². The summed E-state index contributed by atoms with van der Waals surface area (Å²) in [5.74, 6) is 0.336. The lowest BCUT2D eigenvalue weighted by Gasteiger charge is -2.27. The molecule has 1 aliphatic heterocycles. The number of nitrogens with one attached hydrogen (secondary N) is 1. The number of hydrogen-bond acceptors (Lipinski definition) is 10. The molecule has 5 rings (SSSR count). The average Bonchev–Trinajstić information content (AvgIpc) is 3.31. The molecule has 12 heteroatoms. The van der Waals surface area contributed by atoms with Gasteiger partial charge in [0, 0.05) is 36.7 Å². The van der Waals surface area contributed by atoms with Crippen LogP contribution in [0.25, 0.3) is 11.3 Å². The molecule has 0 saturated heterocycles. The van der Waals surface area contributed by atoms with Crippen LogP contribution in [0.15, 0.2) is 36.9 Å². The average molecular weight is 443 g/mol. The Morgan fingerprint density at radius 2 is 2.09 bits per heavy atom. The van der Waals surface area contributed by atoms with E-state index in [1.807, 2.05) is 19.1 Å². The second-order valence-corrected chi connectivity index (χ2v) is 7.49. The summed E-state index contributed by atoms with van der Waals surface area (Å²) in [7, 11) is 0. The first-order chi connectivity index (χ1) is 16.1. The summed E-state index contributed by atoms with van der Waals surface area (Å²) in [5.41, 5.74) is 3.38. The van der Waals surface area contributed by atoms with E-state index in [1.165, 1.54) is 6.33 Å². The smallest absolute Gasteiger partial charge is 0.207 e. The second kappa shape index (κ2) is 8.54. The Balaban J connectivity index is 1.34. The van der Waals surface area contributed by atoms with E-state index in [0.717, 1.165) is 16.8 Å². The molecule has 0 unspecified atom stereocenters. The zero-order valence-electron chi connectivity index (χ0n) is 17.6. The zero-order chi connectivity index (χ0) is 22.8. The van der Waals surface area contributed by atoms with E-state index in [4.69, 9.17) is 0 Å². The Labute approximate surface area is 188 Å². The van der Waals surface area contributed by atoms with Crippen LogP contribution in [0.1, 0.15) is 22.6 Å². The molecule has 11 nitrogen and oxygen atoms in total. The molecular weight excluding hydrogens is 425 g/mol. The van der Waals surface area contributed by atoms with Crippen molar-refractivity contribution < 1.29 is 4.39 Å². The number of pyridine rings is 2. The van der Waals surface area contributed by atoms with Crippen LogP contribution < -0.4 is 10.2 Å². The van der Waals surface area contributed by atoms with Crippen molar-refractivity contribution in [2.75, 3.05) is 16.8 Å². The maximum Gasteiger partial charge on any atom is 0.207 e. The van der Waals surface area contributed by atoms with Crippen molar-refractivity contribution in [2.24, 2.45) is 0 Å². The van der Waals surface area contributed by atoms with E-state index >= 15 is 4.39 Å². The fourth-order valence-electron chi connectivity index (χ4n) is 3.66. The molecule has 1 N–H and O–H groups in total. The third-order valence-electron chi connectivity index (χ3n) is 5.29. The molecular formula is C21H18FN11. The van der Waals surface area contributed by atoms with Gasteiger partial charge < -0.3 is 10.2 Å². The molecule has 0 bridgehead atoms. The molecule has 0 saturated carbocycles. The standard InChI is InChI=1S/C21H18FN11/c1-13-6-15(2-3-24-13)19-16(8-23)7-14(9-25-19)10-26-20-18(22)21(28-12-27-20)32-4-5-33-17(11-32)29-30-31-33/h2-3,6-7,9,12H,4-5,10-11H2,1H3,(H,26,27,28). The number of aromatic nitrogens is 8. The van der Waals surface area contributed by atoms with Crippen LogP contribution in [0.4, 0.5) is 16.0 Å². The fraction of sp³-hybridized carbons (Fsp3) is 0.238. The van der Waals surface area contributed by atoms with Gasteiger partial charge in [0.05, 0.1) is 24.3 Å². The summed E-state index contributed by atoms with van der Waals surface area (Å²) in [5, 5.41) is 24.1. The third kappa shape index (κ3) is 4.03. The molecule has 0 aliphatic carbocycles. The minimum atomic E-state index is -0.559. The highest BCUT2D eigenvalue weighted by Gasteiger charge is 2.24. The number of tetrazole rings is 1. The minimum Gasteiger partial charge on any atom is -0.363 e. The van der Waals surface area contributed by atoms with Gasteiger partial charge in [0.15, 0.2) is 17.5 Å². The van der Waals surface area contributed by atoms with Gasteiger partial charge in [0.1, 0.15) is 12.4 Å². The summed E-state index contributed by atoms with van der Waals surface area (Å²) in [6, 6.07) is 7.60. The van der Waals surface area contributed by atoms with Crippen molar-refractivity contribution in [3.63, 3.8) is 0 Å². The normalized spacial score (nSPS) is 12.8. The Kier molecular flexibility index (Phi) is 5.27. The topological polar surface area (TPSA) is 134 Å². The van der Waals surface area contributed by atoms with Gasteiger partial charge in [0.25, 0.3) is 0 Å². The number of nitriles is 1. The van der Waals surface area contributed by atoms with Gasteiger partial charge in [-0.25, -0.2) is 14.6 Å². The fourth-order valence-corrected chi connectivity index (χ4v) is 3.66. The van der Waals surface area contributed by atoms with Gasteiger partial charge in [-0.1, -0.05) is 0 Å². The van der Waals surface area contributed by atoms with Crippen molar-refractivity contribution in [3.05, 3.63) is 65.4 Å². The number of nitrogens with zero attached hydrogens (tertiary/aromatic N) is 10. The summed E-state index contributed by atoms with van der Waals surface area (Å²) in [4.78, 5) is 18.6. The van der Waals surface area contributed by atoms with Gasteiger partial charge in [-0.3, -0.25) is 9.97 Å². The quantitative estimate of drug-likeness (QED) is 0.487. The molecule has 4 aromatic rings. The largest absolute Gasteiger partial charge is 0.363 e. The van der Waals surface area contributed by atoms with Crippen molar-refractivity contribution in [2.45, 2.75) is 26.6 Å². The summed E-state index contributed by atoms with van der Waals surface area (Å²) in [6.07, 6.45) is 4.65. The third-order valence-corrected chi connectivity index (χ3v) is 5.29. The van der Waals surface area contributed by atoms with Crippen LogP contribution in [0.2, 0.25) is 0 Å². The second-order valence-electron chi connectivity index (χ2n) is 7.49. The van der Waals surface area contributed by atoms with Crippen LogP contribution in [0.5, 0.6) is 0 Å². The molecule has 0 spiro atoms. The van der Waals surface area contributed by atoms with Gasteiger partial charge in [0.2, 0.25) is 5.82 Å².